The highest BCUT2D eigenvalue weighted by atomic mass is 16.7. The second-order valence-corrected chi connectivity index (χ2v) is 15.1. The van der Waals surface area contributed by atoms with Gasteiger partial charge in [0.2, 0.25) is 5.79 Å². The summed E-state index contributed by atoms with van der Waals surface area (Å²) in [5, 5.41) is 24.5. The maximum Gasteiger partial charge on any atom is 0.410 e. The van der Waals surface area contributed by atoms with Crippen LogP contribution < -0.4 is 9.47 Å². The SMILES string of the molecule is C=CCO[C@@]12Oc3ccc(Oc4ccc(-c5ccccc5)cc4)cc3[C@H]3[C@H](CCCCO)[C@@H](CCCCO)C=C(C(=NOCC)C[C@@H]1N(CCC)C(=O)OCC)[C@H]32. The van der Waals surface area contributed by atoms with Crippen LogP contribution in [-0.2, 0) is 14.3 Å². The number of carbonyl (C=O) groups is 1. The van der Waals surface area contributed by atoms with Crippen molar-refractivity contribution in [2.24, 2.45) is 22.9 Å². The van der Waals surface area contributed by atoms with Gasteiger partial charge in [0, 0.05) is 37.7 Å². The van der Waals surface area contributed by atoms with Crippen molar-refractivity contribution in [1.82, 2.24) is 4.90 Å². The van der Waals surface area contributed by atoms with Gasteiger partial charge in [0.05, 0.1) is 24.8 Å². The van der Waals surface area contributed by atoms with E-state index in [0.717, 1.165) is 53.7 Å². The van der Waals surface area contributed by atoms with E-state index in [-0.39, 0.29) is 44.2 Å². The summed E-state index contributed by atoms with van der Waals surface area (Å²) in [4.78, 5) is 21.5. The molecule has 1 heterocycles. The first kappa shape index (κ1) is 42.0. The summed E-state index contributed by atoms with van der Waals surface area (Å²) < 4.78 is 26.5. The van der Waals surface area contributed by atoms with Crippen molar-refractivity contribution in [1.29, 1.82) is 0 Å². The molecule has 0 aromatic heterocycles. The highest BCUT2D eigenvalue weighted by Gasteiger charge is 2.65. The summed E-state index contributed by atoms with van der Waals surface area (Å²) in [5.74, 6) is 0.426. The first-order valence-corrected chi connectivity index (χ1v) is 20.9. The lowest BCUT2D eigenvalue weighted by Crippen LogP contribution is -2.70. The van der Waals surface area contributed by atoms with E-state index in [4.69, 9.17) is 28.9 Å². The quantitative estimate of drug-likeness (QED) is 0.0661. The van der Waals surface area contributed by atoms with Crippen LogP contribution >= 0.6 is 0 Å². The summed E-state index contributed by atoms with van der Waals surface area (Å²) in [6.07, 6.45) is 9.46. The molecule has 0 radical (unpaired) electrons. The van der Waals surface area contributed by atoms with Gasteiger partial charge >= 0.3 is 6.09 Å². The lowest BCUT2D eigenvalue weighted by Gasteiger charge is -2.59. The predicted octanol–water partition coefficient (Wildman–Crippen LogP) is 9.67. The Kier molecular flexibility index (Phi) is 14.9. The number of amides is 1. The fourth-order valence-electron chi connectivity index (χ4n) is 9.16. The molecule has 57 heavy (non-hydrogen) atoms. The van der Waals surface area contributed by atoms with E-state index in [1.807, 2.05) is 63.2 Å². The first-order valence-electron chi connectivity index (χ1n) is 20.9. The molecule has 6 atom stereocenters. The second-order valence-electron chi connectivity index (χ2n) is 15.1. The van der Waals surface area contributed by atoms with Crippen LogP contribution in [0.2, 0.25) is 0 Å². The van der Waals surface area contributed by atoms with Crippen LogP contribution in [0.5, 0.6) is 17.2 Å². The fraction of sp³-hybridized carbons (Fsp3) is 0.489. The predicted molar refractivity (Wildman–Crippen MR) is 223 cm³/mol. The number of nitrogens with zero attached hydrogens (tertiary/aromatic N) is 2. The Balaban J connectivity index is 1.53. The highest BCUT2D eigenvalue weighted by Crippen LogP contribution is 2.62. The van der Waals surface area contributed by atoms with E-state index in [1.54, 1.807) is 11.0 Å². The average Bonchev–Trinajstić information content (AvgIpc) is 3.23. The van der Waals surface area contributed by atoms with Gasteiger partial charge in [-0.05, 0) is 105 Å². The monoisotopic (exact) mass is 780 g/mol. The molecule has 306 valence electrons. The van der Waals surface area contributed by atoms with Gasteiger partial charge in [0.25, 0.3) is 0 Å². The number of rotatable bonds is 20. The van der Waals surface area contributed by atoms with E-state index < -0.39 is 23.8 Å². The number of oxime groups is 1. The molecule has 1 aliphatic heterocycles. The highest BCUT2D eigenvalue weighted by molar-refractivity contribution is 6.03. The zero-order chi connectivity index (χ0) is 40.2. The summed E-state index contributed by atoms with van der Waals surface area (Å²) >= 11 is 0. The zero-order valence-corrected chi connectivity index (χ0v) is 33.8. The Bertz CT molecular complexity index is 1830. The minimum Gasteiger partial charge on any atom is -0.459 e. The minimum atomic E-state index is -1.33. The van der Waals surface area contributed by atoms with Crippen molar-refractivity contribution in [3.63, 3.8) is 0 Å². The molecule has 6 rings (SSSR count). The number of benzene rings is 3. The largest absolute Gasteiger partial charge is 0.459 e. The lowest BCUT2D eigenvalue weighted by molar-refractivity contribution is -0.255. The van der Waals surface area contributed by atoms with Gasteiger partial charge < -0.3 is 34.0 Å². The Hall–Kier alpha value is -4.64. The molecule has 2 N–H and O–H groups in total. The second kappa shape index (κ2) is 20.2. The van der Waals surface area contributed by atoms with Gasteiger partial charge in [0.1, 0.15) is 29.9 Å². The molecular weight excluding hydrogens is 721 g/mol. The third-order valence-electron chi connectivity index (χ3n) is 11.5. The van der Waals surface area contributed by atoms with Crippen molar-refractivity contribution >= 4 is 11.8 Å². The van der Waals surface area contributed by atoms with Crippen LogP contribution in [0.15, 0.2) is 102 Å². The molecule has 3 aromatic rings. The molecule has 1 fully saturated rings. The third-order valence-corrected chi connectivity index (χ3v) is 11.5. The smallest absolute Gasteiger partial charge is 0.410 e. The summed E-state index contributed by atoms with van der Waals surface area (Å²) in [6.45, 7) is 11.3. The van der Waals surface area contributed by atoms with Crippen molar-refractivity contribution < 1.29 is 38.8 Å². The van der Waals surface area contributed by atoms with Gasteiger partial charge in [-0.15, -0.1) is 6.58 Å². The molecule has 1 amide bonds. The van der Waals surface area contributed by atoms with Gasteiger partial charge in [0.15, 0.2) is 0 Å². The number of allylic oxidation sites excluding steroid dienone is 1. The minimum absolute atomic E-state index is 0.105. The summed E-state index contributed by atoms with van der Waals surface area (Å²) in [7, 11) is 0. The van der Waals surface area contributed by atoms with E-state index in [1.165, 1.54) is 0 Å². The summed E-state index contributed by atoms with van der Waals surface area (Å²) in [5.41, 5.74) is 5.00. The number of hydrogen-bond donors (Lipinski definition) is 2. The van der Waals surface area contributed by atoms with Crippen LogP contribution in [-0.4, -0.2) is 78.3 Å². The number of unbranched alkanes of at least 4 members (excludes halogenated alkanes) is 2. The molecule has 1 saturated carbocycles. The summed E-state index contributed by atoms with van der Waals surface area (Å²) in [6, 6.07) is 23.8. The van der Waals surface area contributed by atoms with Crippen LogP contribution in [0, 0.1) is 17.8 Å². The Morgan fingerprint density at radius 2 is 1.65 bits per heavy atom. The van der Waals surface area contributed by atoms with Crippen molar-refractivity contribution in [2.75, 3.05) is 39.6 Å². The van der Waals surface area contributed by atoms with E-state index in [2.05, 4.69) is 43.0 Å². The molecule has 0 bridgehead atoms. The number of hydrogen-bond acceptors (Lipinski definition) is 9. The lowest BCUT2D eigenvalue weighted by atomic mass is 9.55. The Morgan fingerprint density at radius 1 is 0.930 bits per heavy atom. The molecular formula is C47H60N2O8. The molecule has 0 unspecified atom stereocenters. The molecule has 3 aliphatic rings. The topological polar surface area (TPSA) is 119 Å². The number of carbonyl (C=O) groups excluding carboxylic acids is 1. The molecule has 10 nitrogen and oxygen atoms in total. The van der Waals surface area contributed by atoms with Crippen LogP contribution in [0.4, 0.5) is 4.79 Å². The van der Waals surface area contributed by atoms with Gasteiger partial charge in [-0.2, -0.15) is 0 Å². The number of aliphatic hydroxyl groups is 2. The number of ether oxygens (including phenoxy) is 4. The fourth-order valence-corrected chi connectivity index (χ4v) is 9.16. The van der Waals surface area contributed by atoms with Gasteiger partial charge in [-0.25, -0.2) is 4.79 Å². The van der Waals surface area contributed by atoms with E-state index in [0.29, 0.717) is 56.1 Å². The normalized spacial score (nSPS) is 24.1. The molecule has 0 saturated heterocycles. The number of fused-ring (bicyclic) bond motifs is 2. The Morgan fingerprint density at radius 3 is 2.33 bits per heavy atom. The first-order chi connectivity index (χ1) is 27.9. The van der Waals surface area contributed by atoms with Crippen LogP contribution in [0.25, 0.3) is 11.1 Å². The zero-order valence-electron chi connectivity index (χ0n) is 33.8. The maximum atomic E-state index is 13.9. The van der Waals surface area contributed by atoms with Gasteiger partial charge in [-0.3, -0.25) is 4.90 Å². The van der Waals surface area contributed by atoms with Crippen molar-refractivity contribution in [3.05, 3.63) is 103 Å². The molecule has 10 heteroatoms. The van der Waals surface area contributed by atoms with Crippen LogP contribution in [0.3, 0.4) is 0 Å². The number of aliphatic hydroxyl groups excluding tert-OH is 2. The molecule has 0 spiro atoms. The van der Waals surface area contributed by atoms with Crippen molar-refractivity contribution in [2.45, 2.75) is 89.9 Å². The molecule has 3 aromatic carbocycles. The van der Waals surface area contributed by atoms with E-state index in [9.17, 15) is 15.0 Å². The maximum absolute atomic E-state index is 13.9. The van der Waals surface area contributed by atoms with Gasteiger partial charge in [-0.1, -0.05) is 79.5 Å². The van der Waals surface area contributed by atoms with Crippen molar-refractivity contribution in [3.8, 4) is 28.4 Å². The molecule has 2 aliphatic carbocycles. The average molecular weight is 781 g/mol. The Labute approximate surface area is 338 Å². The standard InChI is InChI=1S/C47H60N2O8/c1-5-26-49(46(52)53-7-3)43-32-41(48-55-8-4)39-30-35(18-12-14-27-50)38(19-13-15-28-51)44-40-31-37(24-25-42(40)57-47(43,45(39)44)54-29-6-2)56-36-22-20-34(21-23-36)33-16-10-9-11-17-33/h6,9-11,16-17,20-25,30-31,35,38,43-45,50-51H,2,5,7-8,12-15,18-19,26-29,32H2,1,3-4H3/t35-,38+,43-,44+,45+,47+/m0/s1. The third kappa shape index (κ3) is 9.24. The van der Waals surface area contributed by atoms with E-state index >= 15 is 0 Å². The van der Waals surface area contributed by atoms with Crippen LogP contribution in [0.1, 0.15) is 83.6 Å².